The minimum absolute atomic E-state index is 0.244. The normalized spacial score (nSPS) is 11.1. The van der Waals surface area contributed by atoms with Crippen LogP contribution in [-0.2, 0) is 6.54 Å². The van der Waals surface area contributed by atoms with Gasteiger partial charge in [0.05, 0.1) is 11.5 Å². The summed E-state index contributed by atoms with van der Waals surface area (Å²) >= 11 is 0. The number of hydrogen-bond acceptors (Lipinski definition) is 3. The van der Waals surface area contributed by atoms with Gasteiger partial charge in [0.25, 0.3) is 0 Å². The summed E-state index contributed by atoms with van der Waals surface area (Å²) in [5.74, 6) is 0.244. The van der Waals surface area contributed by atoms with E-state index in [0.29, 0.717) is 12.5 Å². The van der Waals surface area contributed by atoms with Crippen LogP contribution in [0.2, 0.25) is 0 Å². The van der Waals surface area contributed by atoms with Gasteiger partial charge in [-0.15, -0.1) is 0 Å². The van der Waals surface area contributed by atoms with Gasteiger partial charge in [-0.2, -0.15) is 0 Å². The molecule has 0 saturated heterocycles. The third-order valence-electron chi connectivity index (χ3n) is 2.87. The van der Waals surface area contributed by atoms with Crippen LogP contribution < -0.4 is 5.73 Å². The van der Waals surface area contributed by atoms with Crippen LogP contribution in [-0.4, -0.2) is 28.3 Å². The number of pyridine rings is 1. The predicted molar refractivity (Wildman–Crippen MR) is 71.1 cm³/mol. The predicted octanol–water partition coefficient (Wildman–Crippen LogP) is 1.93. The zero-order valence-corrected chi connectivity index (χ0v) is 10.9. The summed E-state index contributed by atoms with van der Waals surface area (Å²) in [6.07, 6.45) is 2.44. The van der Waals surface area contributed by atoms with Crippen molar-refractivity contribution in [3.63, 3.8) is 0 Å². The molecule has 1 aromatic rings. The Morgan fingerprint density at radius 3 is 2.76 bits per heavy atom. The molecule has 4 nitrogen and oxygen atoms in total. The third-order valence-corrected chi connectivity index (χ3v) is 2.87. The number of nitrogens with zero attached hydrogens (tertiary/aromatic N) is 2. The number of nitrogens with one attached hydrogen (secondary N) is 1. The van der Waals surface area contributed by atoms with Crippen molar-refractivity contribution in [2.75, 3.05) is 6.54 Å². The van der Waals surface area contributed by atoms with Gasteiger partial charge in [-0.1, -0.05) is 6.07 Å². The highest BCUT2D eigenvalue weighted by Gasteiger charge is 2.12. The van der Waals surface area contributed by atoms with Gasteiger partial charge in [0, 0.05) is 31.7 Å². The Labute approximate surface area is 103 Å². The van der Waals surface area contributed by atoms with Crippen molar-refractivity contribution in [3.8, 4) is 0 Å². The van der Waals surface area contributed by atoms with Gasteiger partial charge < -0.3 is 5.73 Å². The van der Waals surface area contributed by atoms with E-state index in [9.17, 15) is 0 Å². The highest BCUT2D eigenvalue weighted by atomic mass is 15.2. The van der Waals surface area contributed by atoms with E-state index in [2.05, 4.69) is 36.7 Å². The molecule has 17 heavy (non-hydrogen) atoms. The molecule has 0 atom stereocenters. The molecule has 94 valence electrons. The van der Waals surface area contributed by atoms with E-state index in [1.54, 1.807) is 0 Å². The molecule has 1 aromatic heterocycles. The molecule has 1 heterocycles. The van der Waals surface area contributed by atoms with Gasteiger partial charge in [-0.3, -0.25) is 15.3 Å². The molecule has 0 radical (unpaired) electrons. The average Bonchev–Trinajstić information content (AvgIpc) is 2.25. The quantitative estimate of drug-likeness (QED) is 0.584. The van der Waals surface area contributed by atoms with E-state index in [0.717, 1.165) is 18.8 Å². The SMILES string of the molecule is Cc1cccnc1CN(CCC(=N)N)C(C)C. The Morgan fingerprint density at radius 1 is 1.53 bits per heavy atom. The minimum atomic E-state index is 0.244. The lowest BCUT2D eigenvalue weighted by molar-refractivity contribution is 0.216. The molecule has 0 aliphatic rings. The van der Waals surface area contributed by atoms with Gasteiger partial charge in [0.2, 0.25) is 0 Å². The molecule has 0 aliphatic heterocycles. The maximum atomic E-state index is 7.29. The second-order valence-electron chi connectivity index (χ2n) is 4.61. The molecule has 0 spiro atoms. The molecule has 0 aromatic carbocycles. The fourth-order valence-corrected chi connectivity index (χ4v) is 1.66. The number of nitrogens with two attached hydrogens (primary N) is 1. The van der Waals surface area contributed by atoms with E-state index < -0.39 is 0 Å². The van der Waals surface area contributed by atoms with Crippen molar-refractivity contribution in [1.82, 2.24) is 9.88 Å². The van der Waals surface area contributed by atoms with Gasteiger partial charge in [-0.25, -0.2) is 0 Å². The molecule has 0 saturated carbocycles. The summed E-state index contributed by atoms with van der Waals surface area (Å²) in [7, 11) is 0. The van der Waals surface area contributed by atoms with E-state index in [4.69, 9.17) is 11.1 Å². The highest BCUT2D eigenvalue weighted by molar-refractivity contribution is 5.76. The van der Waals surface area contributed by atoms with E-state index in [1.807, 2.05) is 12.3 Å². The van der Waals surface area contributed by atoms with Crippen LogP contribution in [0.4, 0.5) is 0 Å². The topological polar surface area (TPSA) is 66.0 Å². The molecule has 0 unspecified atom stereocenters. The number of aryl methyl sites for hydroxylation is 1. The Hall–Kier alpha value is -1.42. The second kappa shape index (κ2) is 6.35. The first kappa shape index (κ1) is 13.6. The van der Waals surface area contributed by atoms with Crippen LogP contribution in [0, 0.1) is 12.3 Å². The van der Waals surface area contributed by atoms with Crippen molar-refractivity contribution in [1.29, 1.82) is 5.41 Å². The molecule has 0 bridgehead atoms. The van der Waals surface area contributed by atoms with Crippen LogP contribution in [0.5, 0.6) is 0 Å². The van der Waals surface area contributed by atoms with Crippen molar-refractivity contribution >= 4 is 5.84 Å². The van der Waals surface area contributed by atoms with Gasteiger partial charge in [0.15, 0.2) is 0 Å². The lowest BCUT2D eigenvalue weighted by Gasteiger charge is -2.26. The Balaban J connectivity index is 2.67. The van der Waals surface area contributed by atoms with Crippen molar-refractivity contribution in [2.24, 2.45) is 5.73 Å². The third kappa shape index (κ3) is 4.53. The van der Waals surface area contributed by atoms with Gasteiger partial charge >= 0.3 is 0 Å². The van der Waals surface area contributed by atoms with Crippen LogP contribution >= 0.6 is 0 Å². The Kier molecular flexibility index (Phi) is 5.10. The van der Waals surface area contributed by atoms with Crippen LogP contribution in [0.15, 0.2) is 18.3 Å². The standard InChI is InChI=1S/C13H22N4/c1-10(2)17(8-6-13(14)15)9-12-11(3)5-4-7-16-12/h4-5,7,10H,6,8-9H2,1-3H3,(H3,14,15). The molecule has 0 amide bonds. The Morgan fingerprint density at radius 2 is 2.24 bits per heavy atom. The largest absolute Gasteiger partial charge is 0.388 e. The number of aromatic nitrogens is 1. The molecule has 1 rings (SSSR count). The van der Waals surface area contributed by atoms with Gasteiger partial charge in [-0.05, 0) is 32.4 Å². The first-order chi connectivity index (χ1) is 8.00. The first-order valence-electron chi connectivity index (χ1n) is 5.98. The van der Waals surface area contributed by atoms with Crippen molar-refractivity contribution < 1.29 is 0 Å². The number of amidine groups is 1. The van der Waals surface area contributed by atoms with Crippen LogP contribution in [0.3, 0.4) is 0 Å². The highest BCUT2D eigenvalue weighted by Crippen LogP contribution is 2.10. The summed E-state index contributed by atoms with van der Waals surface area (Å²) in [5, 5.41) is 7.29. The smallest absolute Gasteiger partial charge is 0.0918 e. The number of rotatable bonds is 6. The molecular formula is C13H22N4. The lowest BCUT2D eigenvalue weighted by Crippen LogP contribution is -2.33. The zero-order valence-electron chi connectivity index (χ0n) is 10.9. The molecule has 0 fully saturated rings. The minimum Gasteiger partial charge on any atom is -0.388 e. The summed E-state index contributed by atoms with van der Waals surface area (Å²) in [5.41, 5.74) is 7.72. The molecule has 3 N–H and O–H groups in total. The fraction of sp³-hybridized carbons (Fsp3) is 0.538. The summed E-state index contributed by atoms with van der Waals surface area (Å²) in [4.78, 5) is 6.69. The van der Waals surface area contributed by atoms with Crippen LogP contribution in [0.25, 0.3) is 0 Å². The summed E-state index contributed by atoms with van der Waals surface area (Å²) in [6.45, 7) is 8.00. The second-order valence-corrected chi connectivity index (χ2v) is 4.61. The summed E-state index contributed by atoms with van der Waals surface area (Å²) < 4.78 is 0. The fourth-order valence-electron chi connectivity index (χ4n) is 1.66. The zero-order chi connectivity index (χ0) is 12.8. The van der Waals surface area contributed by atoms with Gasteiger partial charge in [0.1, 0.15) is 0 Å². The van der Waals surface area contributed by atoms with E-state index >= 15 is 0 Å². The van der Waals surface area contributed by atoms with Crippen molar-refractivity contribution in [2.45, 2.75) is 39.8 Å². The lowest BCUT2D eigenvalue weighted by atomic mass is 10.2. The Bertz CT molecular complexity index is 373. The summed E-state index contributed by atoms with van der Waals surface area (Å²) in [6, 6.07) is 4.45. The maximum Gasteiger partial charge on any atom is 0.0918 e. The molecular weight excluding hydrogens is 212 g/mol. The average molecular weight is 234 g/mol. The molecule has 0 aliphatic carbocycles. The number of hydrogen-bond donors (Lipinski definition) is 2. The van der Waals surface area contributed by atoms with Crippen LogP contribution in [0.1, 0.15) is 31.5 Å². The van der Waals surface area contributed by atoms with E-state index in [1.165, 1.54) is 5.56 Å². The monoisotopic (exact) mass is 234 g/mol. The molecule has 4 heteroatoms. The van der Waals surface area contributed by atoms with E-state index in [-0.39, 0.29) is 5.84 Å². The maximum absolute atomic E-state index is 7.29. The first-order valence-corrected chi connectivity index (χ1v) is 5.98. The van der Waals surface area contributed by atoms with Crippen molar-refractivity contribution in [3.05, 3.63) is 29.6 Å².